The van der Waals surface area contributed by atoms with Gasteiger partial charge in [-0.15, -0.1) is 0 Å². The molecule has 0 aliphatic carbocycles. The number of hydrogen-bond donors (Lipinski definition) is 1. The van der Waals surface area contributed by atoms with Gasteiger partial charge >= 0.3 is 6.03 Å². The summed E-state index contributed by atoms with van der Waals surface area (Å²) >= 11 is 0. The quantitative estimate of drug-likeness (QED) is 0.852. The van der Waals surface area contributed by atoms with E-state index in [9.17, 15) is 4.79 Å². The number of hydrogen-bond acceptors (Lipinski definition) is 4. The minimum absolute atomic E-state index is 0.0476. The van der Waals surface area contributed by atoms with Crippen LogP contribution in [0.15, 0.2) is 6.20 Å². The fourth-order valence-electron chi connectivity index (χ4n) is 3.46. The molecular weight excluding hydrogens is 282 g/mol. The SMILES string of the molecule is COCCN1C(=O)N[C@@H]2CN(Cc3cnn(C)c3C)CC[C@@H]21. The van der Waals surface area contributed by atoms with Crippen molar-refractivity contribution in [1.29, 1.82) is 0 Å². The zero-order chi connectivity index (χ0) is 15.7. The van der Waals surface area contributed by atoms with Gasteiger partial charge in [0.25, 0.3) is 0 Å². The molecular formula is C15H25N5O2. The van der Waals surface area contributed by atoms with Gasteiger partial charge in [0, 0.05) is 51.6 Å². The molecule has 7 heteroatoms. The van der Waals surface area contributed by atoms with Gasteiger partial charge in [-0.25, -0.2) is 4.79 Å². The smallest absolute Gasteiger partial charge is 0.318 e. The van der Waals surface area contributed by atoms with Crippen LogP contribution in [0, 0.1) is 6.92 Å². The van der Waals surface area contributed by atoms with E-state index >= 15 is 0 Å². The lowest BCUT2D eigenvalue weighted by molar-refractivity contribution is 0.111. The summed E-state index contributed by atoms with van der Waals surface area (Å²) in [6.07, 6.45) is 2.95. The number of methoxy groups -OCH3 is 1. The maximum Gasteiger partial charge on any atom is 0.318 e. The Balaban J connectivity index is 1.61. The number of amides is 2. The molecule has 0 saturated carbocycles. The van der Waals surface area contributed by atoms with Gasteiger partial charge in [-0.2, -0.15) is 5.10 Å². The number of fused-ring (bicyclic) bond motifs is 1. The van der Waals surface area contributed by atoms with E-state index in [0.29, 0.717) is 19.2 Å². The zero-order valence-corrected chi connectivity index (χ0v) is 13.6. The predicted molar refractivity (Wildman–Crippen MR) is 82.5 cm³/mol. The summed E-state index contributed by atoms with van der Waals surface area (Å²) in [6, 6.07) is 0.565. The molecule has 2 aliphatic rings. The number of rotatable bonds is 5. The van der Waals surface area contributed by atoms with Crippen LogP contribution in [0.25, 0.3) is 0 Å². The van der Waals surface area contributed by atoms with Crippen LogP contribution in [-0.2, 0) is 18.3 Å². The van der Waals surface area contributed by atoms with Gasteiger partial charge in [0.1, 0.15) is 0 Å². The van der Waals surface area contributed by atoms with Crippen LogP contribution in [0.3, 0.4) is 0 Å². The molecule has 1 aromatic heterocycles. The summed E-state index contributed by atoms with van der Waals surface area (Å²) in [4.78, 5) is 16.4. The number of likely N-dealkylation sites (tertiary alicyclic amines) is 1. The average molecular weight is 307 g/mol. The molecule has 2 atom stereocenters. The fraction of sp³-hybridized carbons (Fsp3) is 0.733. The van der Waals surface area contributed by atoms with E-state index in [1.807, 2.05) is 22.8 Å². The molecule has 122 valence electrons. The van der Waals surface area contributed by atoms with E-state index < -0.39 is 0 Å². The van der Waals surface area contributed by atoms with Crippen LogP contribution in [0.5, 0.6) is 0 Å². The summed E-state index contributed by atoms with van der Waals surface area (Å²) in [5, 5.41) is 7.42. The van der Waals surface area contributed by atoms with Crippen molar-refractivity contribution >= 4 is 6.03 Å². The van der Waals surface area contributed by atoms with Crippen molar-refractivity contribution in [2.75, 3.05) is 33.4 Å². The first-order chi connectivity index (χ1) is 10.6. The predicted octanol–water partition coefficient (Wildman–Crippen LogP) is 0.343. The van der Waals surface area contributed by atoms with Gasteiger partial charge in [0.15, 0.2) is 0 Å². The molecule has 0 unspecified atom stereocenters. The first-order valence-corrected chi connectivity index (χ1v) is 7.86. The number of carbonyl (C=O) groups excluding carboxylic acids is 1. The van der Waals surface area contributed by atoms with E-state index in [1.165, 1.54) is 11.3 Å². The molecule has 22 heavy (non-hydrogen) atoms. The number of aryl methyl sites for hydroxylation is 1. The lowest BCUT2D eigenvalue weighted by atomic mass is 9.99. The second-order valence-electron chi connectivity index (χ2n) is 6.21. The van der Waals surface area contributed by atoms with Gasteiger partial charge in [-0.3, -0.25) is 9.58 Å². The molecule has 2 amide bonds. The third-order valence-corrected chi connectivity index (χ3v) is 4.90. The molecule has 1 N–H and O–H groups in total. The van der Waals surface area contributed by atoms with Crippen LogP contribution in [-0.4, -0.2) is 71.0 Å². The number of carbonyl (C=O) groups is 1. The van der Waals surface area contributed by atoms with Gasteiger partial charge < -0.3 is 15.0 Å². The topological polar surface area (TPSA) is 62.6 Å². The maximum atomic E-state index is 12.1. The summed E-state index contributed by atoms with van der Waals surface area (Å²) < 4.78 is 7.01. The van der Waals surface area contributed by atoms with Gasteiger partial charge in [0.2, 0.25) is 0 Å². The van der Waals surface area contributed by atoms with Gasteiger partial charge in [-0.05, 0) is 13.3 Å². The monoisotopic (exact) mass is 307 g/mol. The Kier molecular flexibility index (Phi) is 4.35. The Morgan fingerprint density at radius 2 is 2.32 bits per heavy atom. The van der Waals surface area contributed by atoms with E-state index in [4.69, 9.17) is 4.74 Å². The fourth-order valence-corrected chi connectivity index (χ4v) is 3.46. The lowest BCUT2D eigenvalue weighted by Gasteiger charge is -2.36. The highest BCUT2D eigenvalue weighted by molar-refractivity contribution is 5.77. The van der Waals surface area contributed by atoms with Crippen LogP contribution < -0.4 is 5.32 Å². The van der Waals surface area contributed by atoms with Crippen LogP contribution >= 0.6 is 0 Å². The molecule has 7 nitrogen and oxygen atoms in total. The number of aromatic nitrogens is 2. The Bertz CT molecular complexity index is 544. The van der Waals surface area contributed by atoms with Gasteiger partial charge in [0.05, 0.1) is 24.9 Å². The molecule has 3 heterocycles. The van der Waals surface area contributed by atoms with Crippen LogP contribution in [0.4, 0.5) is 4.79 Å². The molecule has 0 spiro atoms. The second kappa shape index (κ2) is 6.26. The van der Waals surface area contributed by atoms with Crippen molar-refractivity contribution in [3.63, 3.8) is 0 Å². The highest BCUT2D eigenvalue weighted by Crippen LogP contribution is 2.24. The molecule has 2 aliphatic heterocycles. The molecule has 3 rings (SSSR count). The zero-order valence-electron chi connectivity index (χ0n) is 13.6. The first-order valence-electron chi connectivity index (χ1n) is 7.86. The minimum Gasteiger partial charge on any atom is -0.383 e. The van der Waals surface area contributed by atoms with Crippen molar-refractivity contribution in [2.24, 2.45) is 7.05 Å². The molecule has 0 aromatic carbocycles. The maximum absolute atomic E-state index is 12.1. The second-order valence-corrected chi connectivity index (χ2v) is 6.21. The molecule has 2 fully saturated rings. The van der Waals surface area contributed by atoms with Crippen molar-refractivity contribution in [2.45, 2.75) is 32.0 Å². The Labute approximate surface area is 131 Å². The Morgan fingerprint density at radius 3 is 3.00 bits per heavy atom. The standard InChI is InChI=1S/C15H25N5O2/c1-11-12(8-16-18(11)2)9-19-5-4-14-13(10-19)17-15(21)20(14)6-7-22-3/h8,13-14H,4-7,9-10H2,1-3H3,(H,17,21)/t13-,14+/m1/s1. The third kappa shape index (κ3) is 2.83. The van der Waals surface area contributed by atoms with Crippen molar-refractivity contribution in [3.8, 4) is 0 Å². The number of nitrogens with one attached hydrogen (secondary N) is 1. The van der Waals surface area contributed by atoms with Gasteiger partial charge in [-0.1, -0.05) is 0 Å². The van der Waals surface area contributed by atoms with E-state index in [-0.39, 0.29) is 12.1 Å². The molecule has 0 bridgehead atoms. The summed E-state index contributed by atoms with van der Waals surface area (Å²) in [5.74, 6) is 0. The lowest BCUT2D eigenvalue weighted by Crippen LogP contribution is -2.51. The number of nitrogens with zero attached hydrogens (tertiary/aromatic N) is 4. The van der Waals surface area contributed by atoms with E-state index in [1.54, 1.807) is 7.11 Å². The first kappa shape index (κ1) is 15.3. The Hall–Kier alpha value is -1.60. The Morgan fingerprint density at radius 1 is 1.50 bits per heavy atom. The van der Waals surface area contributed by atoms with Crippen molar-refractivity contribution in [1.82, 2.24) is 24.9 Å². The number of ether oxygens (including phenoxy) is 1. The highest BCUT2D eigenvalue weighted by Gasteiger charge is 2.42. The average Bonchev–Trinajstić information content (AvgIpc) is 2.98. The normalized spacial score (nSPS) is 25.4. The van der Waals surface area contributed by atoms with E-state index in [2.05, 4.69) is 22.2 Å². The van der Waals surface area contributed by atoms with E-state index in [0.717, 1.165) is 26.1 Å². The summed E-state index contributed by atoms with van der Waals surface area (Å²) in [7, 11) is 3.64. The van der Waals surface area contributed by atoms with Crippen molar-refractivity contribution < 1.29 is 9.53 Å². The largest absolute Gasteiger partial charge is 0.383 e. The molecule has 0 radical (unpaired) electrons. The number of piperidine rings is 1. The molecule has 2 saturated heterocycles. The summed E-state index contributed by atoms with van der Waals surface area (Å²) in [6.45, 7) is 6.17. The highest BCUT2D eigenvalue weighted by atomic mass is 16.5. The summed E-state index contributed by atoms with van der Waals surface area (Å²) in [5.41, 5.74) is 2.47. The van der Waals surface area contributed by atoms with Crippen molar-refractivity contribution in [3.05, 3.63) is 17.5 Å². The van der Waals surface area contributed by atoms with Crippen LogP contribution in [0.2, 0.25) is 0 Å². The minimum atomic E-state index is 0.0476. The number of urea groups is 1. The molecule has 1 aromatic rings. The third-order valence-electron chi connectivity index (χ3n) is 4.90. The van der Waals surface area contributed by atoms with Crippen LogP contribution in [0.1, 0.15) is 17.7 Å².